The van der Waals surface area contributed by atoms with Gasteiger partial charge in [-0.1, -0.05) is 48.5 Å². The van der Waals surface area contributed by atoms with Crippen molar-refractivity contribution in [3.8, 4) is 0 Å². The van der Waals surface area contributed by atoms with E-state index in [1.165, 1.54) is 0 Å². The first-order valence-electron chi connectivity index (χ1n) is 10.6. The molecule has 0 bridgehead atoms. The highest BCUT2D eigenvalue weighted by atomic mass is 32.1. The number of carboxylic acids is 2. The van der Waals surface area contributed by atoms with Gasteiger partial charge in [0.15, 0.2) is 0 Å². The van der Waals surface area contributed by atoms with E-state index in [-0.39, 0.29) is 12.8 Å². The minimum atomic E-state index is -1.46. The topological polar surface area (TPSA) is 149 Å². The van der Waals surface area contributed by atoms with Crippen LogP contribution in [0.4, 0.5) is 0 Å². The third-order valence-electron chi connectivity index (χ3n) is 5.30. The number of benzene rings is 2. The van der Waals surface area contributed by atoms with Gasteiger partial charge < -0.3 is 25.8 Å². The summed E-state index contributed by atoms with van der Waals surface area (Å²) in [6.45, 7) is 0. The molecule has 1 unspecified atom stereocenters. The smallest absolute Gasteiger partial charge is 0.326 e. The van der Waals surface area contributed by atoms with E-state index < -0.39 is 47.5 Å². The maximum Gasteiger partial charge on any atom is 0.326 e. The van der Waals surface area contributed by atoms with E-state index in [9.17, 15) is 29.4 Å². The van der Waals surface area contributed by atoms with Gasteiger partial charge in [-0.05, 0) is 23.6 Å². The highest BCUT2D eigenvalue weighted by Gasteiger charge is 2.30. The molecule has 10 heteroatoms. The quantitative estimate of drug-likeness (QED) is 0.229. The zero-order valence-electron chi connectivity index (χ0n) is 18.1. The SMILES string of the molecule is O=C(O)CC(NC(=O)[C@@H](S)Cc1ccccc1)C(=O)N[C@@H](Cc1c[nH]c2ccccc12)C(=O)O. The zero-order valence-corrected chi connectivity index (χ0v) is 19.0. The van der Waals surface area contributed by atoms with E-state index in [1.54, 1.807) is 6.20 Å². The number of hydrogen-bond acceptors (Lipinski definition) is 5. The molecule has 0 saturated heterocycles. The average Bonchev–Trinajstić information content (AvgIpc) is 3.21. The van der Waals surface area contributed by atoms with Crippen LogP contribution in [0.5, 0.6) is 0 Å². The number of fused-ring (bicyclic) bond motifs is 1. The lowest BCUT2D eigenvalue weighted by Gasteiger charge is -2.22. The van der Waals surface area contributed by atoms with Gasteiger partial charge in [-0.25, -0.2) is 4.79 Å². The lowest BCUT2D eigenvalue weighted by atomic mass is 10.0. The Labute approximate surface area is 201 Å². The average molecular weight is 484 g/mol. The van der Waals surface area contributed by atoms with Gasteiger partial charge in [-0.2, -0.15) is 12.6 Å². The van der Waals surface area contributed by atoms with E-state index in [0.717, 1.165) is 16.5 Å². The molecule has 1 heterocycles. The number of aromatic amines is 1. The number of para-hydroxylation sites is 1. The standard InChI is InChI=1S/C24H25N3O6S/c28-21(29)12-18(26-23(31)20(34)10-14-6-2-1-3-7-14)22(30)27-19(24(32)33)11-15-13-25-17-9-5-4-8-16(15)17/h1-9,13,18-20,25,34H,10-12H2,(H,26,31)(H,27,30)(H,28,29)(H,32,33)/t18?,19-,20-/m0/s1. The van der Waals surface area contributed by atoms with Crippen LogP contribution in [-0.4, -0.2) is 56.3 Å². The molecule has 5 N–H and O–H groups in total. The summed E-state index contributed by atoms with van der Waals surface area (Å²) in [7, 11) is 0. The monoisotopic (exact) mass is 483 g/mol. The fourth-order valence-electron chi connectivity index (χ4n) is 3.57. The summed E-state index contributed by atoms with van der Waals surface area (Å²) in [6.07, 6.45) is 1.21. The Hall–Kier alpha value is -3.79. The third-order valence-corrected chi connectivity index (χ3v) is 5.72. The second kappa shape index (κ2) is 11.4. The Balaban J connectivity index is 1.69. The van der Waals surface area contributed by atoms with Gasteiger partial charge in [-0.3, -0.25) is 14.4 Å². The number of hydrogen-bond donors (Lipinski definition) is 6. The molecule has 0 radical (unpaired) electrons. The lowest BCUT2D eigenvalue weighted by Crippen LogP contribution is -2.54. The molecule has 0 spiro atoms. The molecule has 1 aromatic heterocycles. The number of carbonyl (C=O) groups is 4. The van der Waals surface area contributed by atoms with Crippen LogP contribution >= 0.6 is 12.6 Å². The van der Waals surface area contributed by atoms with Crippen molar-refractivity contribution in [2.75, 3.05) is 0 Å². The highest BCUT2D eigenvalue weighted by molar-refractivity contribution is 7.81. The van der Waals surface area contributed by atoms with Gasteiger partial charge >= 0.3 is 11.9 Å². The summed E-state index contributed by atoms with van der Waals surface area (Å²) in [5.74, 6) is -4.13. The van der Waals surface area contributed by atoms with E-state index in [1.807, 2.05) is 54.6 Å². The first-order chi connectivity index (χ1) is 16.2. The number of aromatic nitrogens is 1. The number of amides is 2. The minimum Gasteiger partial charge on any atom is -0.481 e. The van der Waals surface area contributed by atoms with Gasteiger partial charge in [0.1, 0.15) is 12.1 Å². The lowest BCUT2D eigenvalue weighted by molar-refractivity contribution is -0.143. The van der Waals surface area contributed by atoms with Crippen molar-refractivity contribution in [3.05, 3.63) is 71.9 Å². The molecule has 9 nitrogen and oxygen atoms in total. The summed E-state index contributed by atoms with van der Waals surface area (Å²) in [5, 5.41) is 23.6. The number of carbonyl (C=O) groups excluding carboxylic acids is 2. The van der Waals surface area contributed by atoms with Crippen molar-refractivity contribution < 1.29 is 29.4 Å². The van der Waals surface area contributed by atoms with Crippen molar-refractivity contribution >= 4 is 47.3 Å². The molecule has 0 saturated carbocycles. The van der Waals surface area contributed by atoms with Gasteiger partial charge in [0.05, 0.1) is 11.7 Å². The molecular formula is C24H25N3O6S. The zero-order chi connectivity index (χ0) is 24.7. The van der Waals surface area contributed by atoms with Crippen LogP contribution in [0, 0.1) is 0 Å². The summed E-state index contributed by atoms with van der Waals surface area (Å²) in [6, 6.07) is 13.6. The normalized spacial score (nSPS) is 13.6. The van der Waals surface area contributed by atoms with Gasteiger partial charge in [0, 0.05) is 23.5 Å². The molecule has 0 aliphatic heterocycles. The van der Waals surface area contributed by atoms with E-state index >= 15 is 0 Å². The van der Waals surface area contributed by atoms with Gasteiger partial charge in [0.25, 0.3) is 0 Å². The molecule has 3 atom stereocenters. The number of thiol groups is 1. The summed E-state index contributed by atoms with van der Waals surface area (Å²) < 4.78 is 0. The molecule has 3 aromatic rings. The Morgan fingerprint density at radius 1 is 0.853 bits per heavy atom. The van der Waals surface area contributed by atoms with E-state index in [0.29, 0.717) is 5.56 Å². The molecule has 0 fully saturated rings. The van der Waals surface area contributed by atoms with Crippen LogP contribution in [0.3, 0.4) is 0 Å². The fourth-order valence-corrected chi connectivity index (χ4v) is 3.86. The predicted molar refractivity (Wildman–Crippen MR) is 129 cm³/mol. The van der Waals surface area contributed by atoms with Crippen molar-refractivity contribution in [1.82, 2.24) is 15.6 Å². The van der Waals surface area contributed by atoms with E-state index in [4.69, 9.17) is 0 Å². The second-order valence-corrected chi connectivity index (χ2v) is 8.45. The molecule has 178 valence electrons. The molecule has 3 rings (SSSR count). The Kier molecular flexibility index (Phi) is 8.31. The van der Waals surface area contributed by atoms with Crippen molar-refractivity contribution in [1.29, 1.82) is 0 Å². The van der Waals surface area contributed by atoms with E-state index in [2.05, 4.69) is 28.2 Å². The molecule has 2 aromatic carbocycles. The molecule has 0 aliphatic carbocycles. The number of rotatable bonds is 11. The van der Waals surface area contributed by atoms with Crippen molar-refractivity contribution in [2.24, 2.45) is 0 Å². The first kappa shape index (κ1) is 24.8. The first-order valence-corrected chi connectivity index (χ1v) is 11.1. The van der Waals surface area contributed by atoms with Crippen LogP contribution in [-0.2, 0) is 32.0 Å². The van der Waals surface area contributed by atoms with Crippen LogP contribution in [0.15, 0.2) is 60.8 Å². The molecular weight excluding hydrogens is 458 g/mol. The summed E-state index contributed by atoms with van der Waals surface area (Å²) in [4.78, 5) is 51.6. The molecule has 2 amide bonds. The van der Waals surface area contributed by atoms with Crippen molar-refractivity contribution in [3.63, 3.8) is 0 Å². The van der Waals surface area contributed by atoms with Crippen LogP contribution < -0.4 is 10.6 Å². The maximum absolute atomic E-state index is 12.8. The minimum absolute atomic E-state index is 0.0258. The number of aliphatic carboxylic acids is 2. The second-order valence-electron chi connectivity index (χ2n) is 7.83. The third kappa shape index (κ3) is 6.61. The molecule has 34 heavy (non-hydrogen) atoms. The largest absolute Gasteiger partial charge is 0.481 e. The summed E-state index contributed by atoms with van der Waals surface area (Å²) >= 11 is 4.28. The Morgan fingerprint density at radius 2 is 1.50 bits per heavy atom. The van der Waals surface area contributed by atoms with Gasteiger partial charge in [-0.15, -0.1) is 0 Å². The van der Waals surface area contributed by atoms with Crippen LogP contribution in [0.25, 0.3) is 10.9 Å². The molecule has 0 aliphatic rings. The predicted octanol–water partition coefficient (Wildman–Crippen LogP) is 1.78. The number of nitrogens with one attached hydrogen (secondary N) is 3. The van der Waals surface area contributed by atoms with Gasteiger partial charge in [0.2, 0.25) is 11.8 Å². The number of carboxylic acid groups (broad SMARTS) is 2. The fraction of sp³-hybridized carbons (Fsp3) is 0.250. The highest BCUT2D eigenvalue weighted by Crippen LogP contribution is 2.19. The summed E-state index contributed by atoms with van der Waals surface area (Å²) in [5.41, 5.74) is 2.35. The van der Waals surface area contributed by atoms with Crippen molar-refractivity contribution in [2.45, 2.75) is 36.6 Å². The Bertz CT molecular complexity index is 1180. The number of H-pyrrole nitrogens is 1. The van der Waals surface area contributed by atoms with Crippen LogP contribution in [0.1, 0.15) is 17.5 Å². The Morgan fingerprint density at radius 3 is 2.18 bits per heavy atom. The maximum atomic E-state index is 12.8. The van der Waals surface area contributed by atoms with Crippen LogP contribution in [0.2, 0.25) is 0 Å².